The molecule has 0 aromatic carbocycles. The van der Waals surface area contributed by atoms with Crippen LogP contribution >= 0.6 is 0 Å². The Bertz CT molecular complexity index is 417. The Kier molecular flexibility index (Phi) is 6.41. The minimum atomic E-state index is -0.448. The molecule has 2 rings (SSSR count). The van der Waals surface area contributed by atoms with Crippen LogP contribution < -0.4 is 0 Å². The summed E-state index contributed by atoms with van der Waals surface area (Å²) in [4.78, 5) is 21.1. The molecule has 0 N–H and O–H groups in total. The van der Waals surface area contributed by atoms with Crippen molar-refractivity contribution in [1.82, 2.24) is 9.80 Å². The number of aliphatic imine (C=N–C) groups is 1. The molecule has 132 valence electrons. The van der Waals surface area contributed by atoms with E-state index in [1.54, 1.807) is 0 Å². The van der Waals surface area contributed by atoms with Crippen LogP contribution in [0.15, 0.2) is 4.99 Å². The maximum atomic E-state index is 12.3. The molecule has 0 aromatic heterocycles. The third kappa shape index (κ3) is 5.46. The lowest BCUT2D eigenvalue weighted by Gasteiger charge is -2.36. The summed E-state index contributed by atoms with van der Waals surface area (Å²) in [7, 11) is 0. The van der Waals surface area contributed by atoms with Gasteiger partial charge in [0.2, 0.25) is 0 Å². The lowest BCUT2D eigenvalue weighted by Crippen LogP contribution is -2.46. The number of piperidine rings is 1. The summed E-state index contributed by atoms with van der Waals surface area (Å²) in [6.07, 6.45) is 1.35. The fraction of sp³-hybridized carbons (Fsp3) is 0.882. The maximum absolute atomic E-state index is 12.3. The van der Waals surface area contributed by atoms with Gasteiger partial charge >= 0.3 is 6.09 Å². The van der Waals surface area contributed by atoms with Crippen molar-refractivity contribution in [2.75, 3.05) is 45.9 Å². The molecule has 0 radical (unpaired) electrons. The van der Waals surface area contributed by atoms with E-state index < -0.39 is 6.09 Å². The minimum Gasteiger partial charge on any atom is -0.444 e. The quantitative estimate of drug-likeness (QED) is 0.576. The highest BCUT2D eigenvalue weighted by Gasteiger charge is 2.28. The molecule has 6 heteroatoms. The van der Waals surface area contributed by atoms with Crippen molar-refractivity contribution in [2.45, 2.75) is 46.6 Å². The second-order valence-electron chi connectivity index (χ2n) is 7.30. The molecule has 0 spiro atoms. The van der Waals surface area contributed by atoms with Crippen LogP contribution in [-0.2, 0) is 9.47 Å². The fourth-order valence-electron chi connectivity index (χ4n) is 3.09. The molecule has 2 aliphatic rings. The fourth-order valence-corrected chi connectivity index (χ4v) is 3.09. The van der Waals surface area contributed by atoms with Gasteiger partial charge in [0.25, 0.3) is 0 Å². The number of hydrogen-bond acceptors (Lipinski definition) is 4. The highest BCUT2D eigenvalue weighted by molar-refractivity contribution is 5.95. The molecule has 2 fully saturated rings. The number of carbonyl (C=O) groups is 1. The van der Waals surface area contributed by atoms with E-state index in [2.05, 4.69) is 42.5 Å². The third-order valence-corrected chi connectivity index (χ3v) is 4.43. The first-order valence-corrected chi connectivity index (χ1v) is 8.75. The molecular weight excluding hydrogens is 294 g/mol. The number of hydrogen-bond donors (Lipinski definition) is 0. The maximum Gasteiger partial charge on any atom is 0.435 e. The lowest BCUT2D eigenvalue weighted by atomic mass is 9.93. The van der Waals surface area contributed by atoms with Crippen LogP contribution in [0.4, 0.5) is 4.79 Å². The molecule has 0 saturated carbocycles. The molecular formula is C17H31N3O3. The zero-order chi connectivity index (χ0) is 16.9. The Morgan fingerprint density at radius 3 is 2.30 bits per heavy atom. The second-order valence-corrected chi connectivity index (χ2v) is 7.30. The predicted octanol–water partition coefficient (Wildman–Crippen LogP) is 2.38. The van der Waals surface area contributed by atoms with Gasteiger partial charge in [0.1, 0.15) is 11.9 Å². The monoisotopic (exact) mass is 325 g/mol. The van der Waals surface area contributed by atoms with E-state index in [1.807, 2.05) is 0 Å². The van der Waals surface area contributed by atoms with E-state index in [0.717, 1.165) is 51.4 Å². The van der Waals surface area contributed by atoms with Gasteiger partial charge in [-0.2, -0.15) is 4.99 Å². The third-order valence-electron chi connectivity index (χ3n) is 4.43. The van der Waals surface area contributed by atoms with Gasteiger partial charge in [-0.3, -0.25) is 0 Å². The predicted molar refractivity (Wildman–Crippen MR) is 90.9 cm³/mol. The van der Waals surface area contributed by atoms with E-state index in [1.165, 1.54) is 0 Å². The van der Waals surface area contributed by atoms with E-state index in [9.17, 15) is 4.79 Å². The summed E-state index contributed by atoms with van der Waals surface area (Å²) in [5, 5.41) is 0. The Balaban J connectivity index is 1.96. The van der Waals surface area contributed by atoms with Crippen molar-refractivity contribution in [2.24, 2.45) is 10.4 Å². The van der Waals surface area contributed by atoms with Gasteiger partial charge < -0.3 is 19.3 Å². The van der Waals surface area contributed by atoms with E-state index in [4.69, 9.17) is 9.47 Å². The number of likely N-dealkylation sites (tertiary alicyclic amines) is 1. The summed E-state index contributed by atoms with van der Waals surface area (Å²) in [5.74, 6) is 0.803. The minimum absolute atomic E-state index is 0.0000393. The first-order chi connectivity index (χ1) is 10.9. The first kappa shape index (κ1) is 18.2. The van der Waals surface area contributed by atoms with E-state index >= 15 is 0 Å². The van der Waals surface area contributed by atoms with Gasteiger partial charge in [0, 0.05) is 31.6 Å². The van der Waals surface area contributed by atoms with E-state index in [-0.39, 0.29) is 11.5 Å². The van der Waals surface area contributed by atoms with Gasteiger partial charge in [-0.05, 0) is 19.4 Å². The molecule has 2 heterocycles. The summed E-state index contributed by atoms with van der Waals surface area (Å²) < 4.78 is 11.0. The highest BCUT2D eigenvalue weighted by atomic mass is 16.6. The van der Waals surface area contributed by atoms with Gasteiger partial charge in [0.05, 0.1) is 13.2 Å². The van der Waals surface area contributed by atoms with Crippen LogP contribution in [0.2, 0.25) is 0 Å². The Morgan fingerprint density at radius 2 is 1.78 bits per heavy atom. The standard InChI is InChI=1S/C17H31N3O3/c1-5-19-8-6-14(7-9-19)23-16(21)18-15(17(2,3)4)20-10-12-22-13-11-20/h14H,5-13H2,1-4H3/b18-15-. The summed E-state index contributed by atoms with van der Waals surface area (Å²) in [6.45, 7) is 14.4. The smallest absolute Gasteiger partial charge is 0.435 e. The molecule has 6 nitrogen and oxygen atoms in total. The number of morpholine rings is 1. The molecule has 0 unspecified atom stereocenters. The zero-order valence-electron chi connectivity index (χ0n) is 15.0. The van der Waals surface area contributed by atoms with Crippen molar-refractivity contribution in [3.8, 4) is 0 Å². The lowest BCUT2D eigenvalue weighted by molar-refractivity contribution is 0.0552. The Labute approximate surface area is 139 Å². The summed E-state index contributed by atoms with van der Waals surface area (Å²) in [5.41, 5.74) is -0.193. The van der Waals surface area contributed by atoms with Gasteiger partial charge in [0.15, 0.2) is 0 Å². The molecule has 0 aromatic rings. The van der Waals surface area contributed by atoms with Crippen LogP contribution in [0.3, 0.4) is 0 Å². The molecule has 0 bridgehead atoms. The van der Waals surface area contributed by atoms with Crippen LogP contribution in [0, 0.1) is 5.41 Å². The number of ether oxygens (including phenoxy) is 2. The molecule has 2 aliphatic heterocycles. The van der Waals surface area contributed by atoms with Crippen molar-refractivity contribution >= 4 is 11.9 Å². The number of rotatable bonds is 2. The largest absolute Gasteiger partial charge is 0.444 e. The molecule has 2 saturated heterocycles. The molecule has 0 aliphatic carbocycles. The van der Waals surface area contributed by atoms with Crippen molar-refractivity contribution in [1.29, 1.82) is 0 Å². The SMILES string of the molecule is CCN1CCC(OC(=O)/N=C(\N2CCOCC2)C(C)(C)C)CC1. The highest BCUT2D eigenvalue weighted by Crippen LogP contribution is 2.21. The van der Waals surface area contributed by atoms with Crippen LogP contribution in [-0.4, -0.2) is 73.8 Å². The molecule has 23 heavy (non-hydrogen) atoms. The number of carbonyl (C=O) groups excluding carboxylic acids is 1. The number of amides is 1. The van der Waals surface area contributed by atoms with Crippen molar-refractivity contribution in [3.63, 3.8) is 0 Å². The summed E-state index contributed by atoms with van der Waals surface area (Å²) in [6, 6.07) is 0. The molecule has 0 atom stereocenters. The number of amidine groups is 1. The topological polar surface area (TPSA) is 54.4 Å². The van der Waals surface area contributed by atoms with Crippen LogP contribution in [0.25, 0.3) is 0 Å². The zero-order valence-corrected chi connectivity index (χ0v) is 15.0. The normalized spacial score (nSPS) is 22.3. The average Bonchev–Trinajstić information content (AvgIpc) is 2.53. The van der Waals surface area contributed by atoms with Crippen molar-refractivity contribution < 1.29 is 14.3 Å². The summed E-state index contributed by atoms with van der Waals surface area (Å²) >= 11 is 0. The van der Waals surface area contributed by atoms with Crippen LogP contribution in [0.1, 0.15) is 40.5 Å². The van der Waals surface area contributed by atoms with Gasteiger partial charge in [-0.25, -0.2) is 4.79 Å². The average molecular weight is 325 g/mol. The van der Waals surface area contributed by atoms with Crippen LogP contribution in [0.5, 0.6) is 0 Å². The Hall–Kier alpha value is -1.14. The second kappa shape index (κ2) is 8.11. The number of nitrogens with zero attached hydrogens (tertiary/aromatic N) is 3. The van der Waals surface area contributed by atoms with Gasteiger partial charge in [-0.1, -0.05) is 27.7 Å². The first-order valence-electron chi connectivity index (χ1n) is 8.75. The Morgan fingerprint density at radius 1 is 1.17 bits per heavy atom. The van der Waals surface area contributed by atoms with Crippen molar-refractivity contribution in [3.05, 3.63) is 0 Å². The van der Waals surface area contributed by atoms with Gasteiger partial charge in [-0.15, -0.1) is 0 Å². The molecule has 1 amide bonds. The van der Waals surface area contributed by atoms with E-state index in [0.29, 0.717) is 13.2 Å².